The molecular formula is C25H22N4O2. The van der Waals surface area contributed by atoms with Crippen LogP contribution in [0.4, 0.5) is 11.4 Å². The number of rotatable bonds is 6. The average molecular weight is 410 g/mol. The van der Waals surface area contributed by atoms with E-state index in [1.54, 1.807) is 6.20 Å². The van der Waals surface area contributed by atoms with E-state index in [9.17, 15) is 9.59 Å². The predicted octanol–water partition coefficient (Wildman–Crippen LogP) is 4.81. The van der Waals surface area contributed by atoms with Gasteiger partial charge in [-0.25, -0.2) is 4.68 Å². The van der Waals surface area contributed by atoms with E-state index in [1.165, 1.54) is 11.6 Å². The van der Waals surface area contributed by atoms with Gasteiger partial charge < -0.3 is 5.32 Å². The molecule has 0 aliphatic heterocycles. The molecule has 0 atom stereocenters. The highest BCUT2D eigenvalue weighted by Gasteiger charge is 2.27. The highest BCUT2D eigenvalue weighted by molar-refractivity contribution is 6.05. The van der Waals surface area contributed by atoms with Gasteiger partial charge in [0.25, 0.3) is 5.56 Å². The van der Waals surface area contributed by atoms with Gasteiger partial charge in [-0.15, -0.1) is 0 Å². The summed E-state index contributed by atoms with van der Waals surface area (Å²) in [6.45, 7) is 2.04. The molecule has 6 heteroatoms. The number of Topliss-reactive ketones (excluding diaryl/α,β-unsaturated/α-hetero) is 1. The number of carbonyl (C=O) groups is 1. The lowest BCUT2D eigenvalue weighted by molar-refractivity contribution is 0.101. The zero-order valence-electron chi connectivity index (χ0n) is 17.2. The molecule has 2 aromatic carbocycles. The zero-order valence-corrected chi connectivity index (χ0v) is 17.2. The molecule has 0 bridgehead atoms. The van der Waals surface area contributed by atoms with E-state index in [0.29, 0.717) is 23.7 Å². The summed E-state index contributed by atoms with van der Waals surface area (Å²) in [4.78, 5) is 30.4. The molecule has 5 rings (SSSR count). The van der Waals surface area contributed by atoms with Gasteiger partial charge in [0, 0.05) is 29.4 Å². The second-order valence-corrected chi connectivity index (χ2v) is 7.99. The lowest BCUT2D eigenvalue weighted by Gasteiger charge is -2.17. The van der Waals surface area contributed by atoms with E-state index in [1.807, 2.05) is 60.7 Å². The van der Waals surface area contributed by atoms with Gasteiger partial charge in [0.05, 0.1) is 11.1 Å². The third-order valence-corrected chi connectivity index (χ3v) is 5.56. The molecule has 4 aromatic rings. The second-order valence-electron chi connectivity index (χ2n) is 7.99. The normalized spacial score (nSPS) is 13.3. The van der Waals surface area contributed by atoms with Gasteiger partial charge in [-0.05, 0) is 49.9 Å². The van der Waals surface area contributed by atoms with Crippen LogP contribution >= 0.6 is 0 Å². The molecule has 6 nitrogen and oxygen atoms in total. The van der Waals surface area contributed by atoms with Gasteiger partial charge in [0.2, 0.25) is 0 Å². The molecule has 2 aromatic heterocycles. The Balaban J connectivity index is 1.69. The van der Waals surface area contributed by atoms with Crippen LogP contribution in [0.25, 0.3) is 22.2 Å². The molecule has 0 unspecified atom stereocenters. The Labute approximate surface area is 179 Å². The molecule has 2 heterocycles. The number of anilines is 2. The van der Waals surface area contributed by atoms with Crippen LogP contribution in [0.5, 0.6) is 0 Å². The smallest absolute Gasteiger partial charge is 0.291 e. The molecule has 1 fully saturated rings. The molecule has 154 valence electrons. The number of benzene rings is 2. The number of aromatic nitrogens is 3. The van der Waals surface area contributed by atoms with Crippen molar-refractivity contribution in [1.29, 1.82) is 0 Å². The number of hydrogen-bond donors (Lipinski definition) is 1. The Morgan fingerprint density at radius 1 is 1.10 bits per heavy atom. The van der Waals surface area contributed by atoms with Gasteiger partial charge in [0.15, 0.2) is 5.78 Å². The standard InChI is InChI=1S/C25H22N4O2/c1-16(30)22-23(18-6-3-2-4-7-18)28-29(15-17-9-10-17)25(31)24(22)27-20-11-12-21-19(14-20)8-5-13-26-21/h2-8,11-14,17,27H,9-10,15H2,1H3. The molecule has 0 saturated heterocycles. The Hall–Kier alpha value is -3.80. The van der Waals surface area contributed by atoms with Gasteiger partial charge >= 0.3 is 0 Å². The average Bonchev–Trinajstić information content (AvgIpc) is 3.60. The highest BCUT2D eigenvalue weighted by atomic mass is 16.1. The van der Waals surface area contributed by atoms with Gasteiger partial charge in [-0.3, -0.25) is 14.6 Å². The fourth-order valence-corrected chi connectivity index (χ4v) is 3.79. The van der Waals surface area contributed by atoms with Gasteiger partial charge in [0.1, 0.15) is 11.4 Å². The minimum absolute atomic E-state index is 0.202. The zero-order chi connectivity index (χ0) is 21.4. The summed E-state index contributed by atoms with van der Waals surface area (Å²) in [5.74, 6) is 0.267. The van der Waals surface area contributed by atoms with E-state index >= 15 is 0 Å². The van der Waals surface area contributed by atoms with Crippen molar-refractivity contribution in [2.24, 2.45) is 5.92 Å². The third-order valence-electron chi connectivity index (χ3n) is 5.56. The summed E-state index contributed by atoms with van der Waals surface area (Å²) in [6.07, 6.45) is 3.95. The lowest BCUT2D eigenvalue weighted by atomic mass is 10.0. The number of pyridine rings is 1. The van der Waals surface area contributed by atoms with Crippen LogP contribution < -0.4 is 10.9 Å². The number of nitrogens with one attached hydrogen (secondary N) is 1. The van der Waals surface area contributed by atoms with Crippen LogP contribution in [0.1, 0.15) is 30.1 Å². The van der Waals surface area contributed by atoms with Crippen molar-refractivity contribution in [1.82, 2.24) is 14.8 Å². The lowest BCUT2D eigenvalue weighted by Crippen LogP contribution is -2.29. The molecule has 0 spiro atoms. The Morgan fingerprint density at radius 2 is 1.90 bits per heavy atom. The van der Waals surface area contributed by atoms with E-state index in [-0.39, 0.29) is 17.0 Å². The monoisotopic (exact) mass is 410 g/mol. The number of hydrogen-bond acceptors (Lipinski definition) is 5. The maximum Gasteiger partial charge on any atom is 0.291 e. The van der Waals surface area contributed by atoms with E-state index in [0.717, 1.165) is 35.0 Å². The Kier molecular flexibility index (Phi) is 4.82. The quantitative estimate of drug-likeness (QED) is 0.462. The van der Waals surface area contributed by atoms with Crippen molar-refractivity contribution >= 4 is 28.1 Å². The summed E-state index contributed by atoms with van der Waals surface area (Å²) in [5, 5.41) is 8.82. The molecule has 1 N–H and O–H groups in total. The van der Waals surface area contributed by atoms with Crippen LogP contribution in [0, 0.1) is 5.92 Å². The van der Waals surface area contributed by atoms with Crippen molar-refractivity contribution in [3.8, 4) is 11.3 Å². The summed E-state index contributed by atoms with van der Waals surface area (Å²) < 4.78 is 1.51. The minimum atomic E-state index is -0.275. The molecular weight excluding hydrogens is 388 g/mol. The number of ketones is 1. The van der Waals surface area contributed by atoms with Crippen LogP contribution in [0.15, 0.2) is 71.7 Å². The molecule has 1 aliphatic carbocycles. The van der Waals surface area contributed by atoms with Gasteiger partial charge in [-0.2, -0.15) is 5.10 Å². The topological polar surface area (TPSA) is 76.9 Å². The van der Waals surface area contributed by atoms with E-state index in [4.69, 9.17) is 0 Å². The summed E-state index contributed by atoms with van der Waals surface area (Å²) in [6, 6.07) is 19.1. The fourth-order valence-electron chi connectivity index (χ4n) is 3.79. The first kappa shape index (κ1) is 19.2. The Morgan fingerprint density at radius 3 is 2.65 bits per heavy atom. The van der Waals surface area contributed by atoms with Crippen LogP contribution in [-0.4, -0.2) is 20.5 Å². The van der Waals surface area contributed by atoms with Crippen molar-refractivity contribution in [3.63, 3.8) is 0 Å². The number of nitrogens with zero attached hydrogens (tertiary/aromatic N) is 3. The second kappa shape index (κ2) is 7.80. The van der Waals surface area contributed by atoms with E-state index < -0.39 is 0 Å². The maximum absolute atomic E-state index is 13.4. The summed E-state index contributed by atoms with van der Waals surface area (Å²) in [5.41, 5.74) is 3.23. The summed E-state index contributed by atoms with van der Waals surface area (Å²) in [7, 11) is 0. The van der Waals surface area contributed by atoms with E-state index in [2.05, 4.69) is 15.4 Å². The fraction of sp³-hybridized carbons (Fsp3) is 0.200. The largest absolute Gasteiger partial charge is 0.350 e. The Bertz CT molecular complexity index is 1340. The molecule has 31 heavy (non-hydrogen) atoms. The number of fused-ring (bicyclic) bond motifs is 1. The molecule has 0 radical (unpaired) electrons. The van der Waals surface area contributed by atoms with Crippen molar-refractivity contribution in [2.45, 2.75) is 26.3 Å². The SMILES string of the molecule is CC(=O)c1c(-c2ccccc2)nn(CC2CC2)c(=O)c1Nc1ccc2ncccc2c1. The van der Waals surface area contributed by atoms with Crippen molar-refractivity contribution < 1.29 is 4.79 Å². The number of carbonyl (C=O) groups excluding carboxylic acids is 1. The van der Waals surface area contributed by atoms with Crippen molar-refractivity contribution in [3.05, 3.63) is 82.8 Å². The first-order valence-corrected chi connectivity index (χ1v) is 10.4. The molecule has 0 amide bonds. The first-order valence-electron chi connectivity index (χ1n) is 10.4. The molecule has 1 saturated carbocycles. The van der Waals surface area contributed by atoms with Gasteiger partial charge in [-0.1, -0.05) is 36.4 Å². The minimum Gasteiger partial charge on any atom is -0.350 e. The van der Waals surface area contributed by atoms with Crippen LogP contribution in [0.2, 0.25) is 0 Å². The predicted molar refractivity (Wildman–Crippen MR) is 122 cm³/mol. The van der Waals surface area contributed by atoms with Crippen LogP contribution in [0.3, 0.4) is 0 Å². The maximum atomic E-state index is 13.4. The van der Waals surface area contributed by atoms with Crippen LogP contribution in [-0.2, 0) is 6.54 Å². The first-order chi connectivity index (χ1) is 15.1. The van der Waals surface area contributed by atoms with Crippen molar-refractivity contribution in [2.75, 3.05) is 5.32 Å². The molecule has 1 aliphatic rings. The third kappa shape index (κ3) is 3.84. The summed E-state index contributed by atoms with van der Waals surface area (Å²) >= 11 is 0. The highest BCUT2D eigenvalue weighted by Crippen LogP contribution is 2.32.